The summed E-state index contributed by atoms with van der Waals surface area (Å²) in [6.45, 7) is 3.41. The first-order valence-corrected chi connectivity index (χ1v) is 13.5. The molecule has 34 heavy (non-hydrogen) atoms. The fourth-order valence-electron chi connectivity index (χ4n) is 4.63. The zero-order valence-corrected chi connectivity index (χ0v) is 21.0. The zero-order valence-electron chi connectivity index (χ0n) is 21.0. The number of rotatable bonds is 16. The van der Waals surface area contributed by atoms with E-state index in [4.69, 9.17) is 9.47 Å². The molecule has 3 rings (SSSR count). The van der Waals surface area contributed by atoms with Crippen LogP contribution in [-0.4, -0.2) is 29.2 Å². The van der Waals surface area contributed by atoms with Crippen LogP contribution < -0.4 is 4.74 Å². The van der Waals surface area contributed by atoms with Gasteiger partial charge in [0.1, 0.15) is 0 Å². The van der Waals surface area contributed by atoms with Crippen LogP contribution in [0.4, 0.5) is 0 Å². The van der Waals surface area contributed by atoms with Crippen molar-refractivity contribution in [2.45, 2.75) is 96.8 Å². The van der Waals surface area contributed by atoms with Crippen molar-refractivity contribution in [2.24, 2.45) is 5.92 Å². The minimum Gasteiger partial charge on any atom is -0.490 e. The van der Waals surface area contributed by atoms with Crippen molar-refractivity contribution in [1.29, 1.82) is 0 Å². The van der Waals surface area contributed by atoms with E-state index >= 15 is 0 Å². The molecule has 0 N–H and O–H groups in total. The monoisotopic (exact) mass is 466 g/mol. The maximum atomic E-state index is 12.3. The summed E-state index contributed by atoms with van der Waals surface area (Å²) in [5, 5.41) is 0. The second-order valence-electron chi connectivity index (χ2n) is 9.57. The van der Waals surface area contributed by atoms with Crippen LogP contribution in [0.5, 0.6) is 5.75 Å². The topological polar surface area (TPSA) is 61.3 Å². The number of nitrogens with zero attached hydrogens (tertiary/aromatic N) is 2. The van der Waals surface area contributed by atoms with Gasteiger partial charge in [-0.25, -0.2) is 14.8 Å². The molecule has 0 unspecified atom stereocenters. The van der Waals surface area contributed by atoms with E-state index in [-0.39, 0.29) is 5.97 Å². The SMILES string of the molecule is CCCCCCCOc1cnc(-c2ccc(C(=O)OCCCCCCC3CCCC3)cc2)nc1. The van der Waals surface area contributed by atoms with Crippen LogP contribution in [0.15, 0.2) is 36.7 Å². The van der Waals surface area contributed by atoms with E-state index in [1.807, 2.05) is 12.1 Å². The molecule has 186 valence electrons. The Morgan fingerprint density at radius 1 is 0.853 bits per heavy atom. The molecule has 0 atom stereocenters. The second kappa shape index (κ2) is 15.5. The predicted octanol–water partition coefficient (Wildman–Crippen LogP) is 7.79. The molecule has 1 aliphatic carbocycles. The maximum Gasteiger partial charge on any atom is 0.338 e. The molecule has 1 aliphatic rings. The van der Waals surface area contributed by atoms with Gasteiger partial charge in [0.15, 0.2) is 11.6 Å². The average Bonchev–Trinajstić information content (AvgIpc) is 3.39. The van der Waals surface area contributed by atoms with Crippen molar-refractivity contribution in [1.82, 2.24) is 9.97 Å². The second-order valence-corrected chi connectivity index (χ2v) is 9.57. The van der Waals surface area contributed by atoms with E-state index in [1.165, 1.54) is 70.6 Å². The minimum absolute atomic E-state index is 0.263. The molecule has 0 spiro atoms. The highest BCUT2D eigenvalue weighted by Gasteiger charge is 2.14. The quantitative estimate of drug-likeness (QED) is 0.187. The van der Waals surface area contributed by atoms with E-state index in [0.717, 1.165) is 30.7 Å². The van der Waals surface area contributed by atoms with Gasteiger partial charge in [-0.2, -0.15) is 0 Å². The molecule has 1 aromatic carbocycles. The Morgan fingerprint density at radius 2 is 1.50 bits per heavy atom. The summed E-state index contributed by atoms with van der Waals surface area (Å²) in [5.74, 6) is 2.02. The molecular weight excluding hydrogens is 424 g/mol. The maximum absolute atomic E-state index is 12.3. The third-order valence-corrected chi connectivity index (χ3v) is 6.74. The van der Waals surface area contributed by atoms with E-state index in [2.05, 4.69) is 16.9 Å². The standard InChI is InChI=1S/C29H42N2O3/c1-2-3-4-6-11-20-33-27-22-30-28(31-23-27)25-16-18-26(19-17-25)29(32)34-21-12-7-5-8-13-24-14-9-10-15-24/h16-19,22-24H,2-15,20-21H2,1H3. The minimum atomic E-state index is -0.263. The molecule has 0 bridgehead atoms. The van der Waals surface area contributed by atoms with Crippen LogP contribution in [0.2, 0.25) is 0 Å². The van der Waals surface area contributed by atoms with E-state index < -0.39 is 0 Å². The number of ether oxygens (including phenoxy) is 2. The highest BCUT2D eigenvalue weighted by atomic mass is 16.5. The van der Waals surface area contributed by atoms with Gasteiger partial charge in [-0.3, -0.25) is 0 Å². The van der Waals surface area contributed by atoms with Gasteiger partial charge < -0.3 is 9.47 Å². The van der Waals surface area contributed by atoms with Crippen LogP contribution in [-0.2, 0) is 4.74 Å². The first-order valence-electron chi connectivity index (χ1n) is 13.5. The first-order chi connectivity index (χ1) is 16.8. The first kappa shape index (κ1) is 26.2. The van der Waals surface area contributed by atoms with Crippen molar-refractivity contribution in [3.8, 4) is 17.1 Å². The van der Waals surface area contributed by atoms with Gasteiger partial charge in [-0.15, -0.1) is 0 Å². The summed E-state index contributed by atoms with van der Waals surface area (Å²) in [6.07, 6.45) is 21.2. The van der Waals surface area contributed by atoms with E-state index in [0.29, 0.717) is 30.4 Å². The average molecular weight is 467 g/mol. The Bertz CT molecular complexity index is 814. The highest BCUT2D eigenvalue weighted by Crippen LogP contribution is 2.29. The Labute approximate surface area is 205 Å². The number of hydrogen-bond donors (Lipinski definition) is 0. The number of benzene rings is 1. The zero-order chi connectivity index (χ0) is 23.8. The lowest BCUT2D eigenvalue weighted by atomic mass is 9.99. The Hall–Kier alpha value is -2.43. The number of esters is 1. The Kier molecular flexibility index (Phi) is 11.9. The Morgan fingerprint density at radius 3 is 2.21 bits per heavy atom. The van der Waals surface area contributed by atoms with Gasteiger partial charge in [0.2, 0.25) is 0 Å². The van der Waals surface area contributed by atoms with Gasteiger partial charge in [0, 0.05) is 5.56 Å². The van der Waals surface area contributed by atoms with Crippen LogP contribution in [0.1, 0.15) is 107 Å². The van der Waals surface area contributed by atoms with Gasteiger partial charge in [-0.05, 0) is 30.9 Å². The van der Waals surface area contributed by atoms with E-state index in [9.17, 15) is 4.79 Å². The summed E-state index contributed by atoms with van der Waals surface area (Å²) in [7, 11) is 0. The van der Waals surface area contributed by atoms with Gasteiger partial charge in [0.05, 0.1) is 31.2 Å². The molecule has 1 aromatic heterocycles. The van der Waals surface area contributed by atoms with Gasteiger partial charge >= 0.3 is 5.97 Å². The number of unbranched alkanes of at least 4 members (excludes halogenated alkanes) is 7. The van der Waals surface area contributed by atoms with Gasteiger partial charge in [-0.1, -0.05) is 96.1 Å². The summed E-state index contributed by atoms with van der Waals surface area (Å²) < 4.78 is 11.2. The van der Waals surface area contributed by atoms with Crippen molar-refractivity contribution in [2.75, 3.05) is 13.2 Å². The molecule has 0 radical (unpaired) electrons. The lowest BCUT2D eigenvalue weighted by Gasteiger charge is -2.08. The molecule has 5 heteroatoms. The third kappa shape index (κ3) is 9.44. The van der Waals surface area contributed by atoms with Crippen molar-refractivity contribution in [3.05, 3.63) is 42.2 Å². The van der Waals surface area contributed by atoms with Gasteiger partial charge in [0.25, 0.3) is 0 Å². The van der Waals surface area contributed by atoms with E-state index in [1.54, 1.807) is 24.5 Å². The molecule has 0 saturated heterocycles. The smallest absolute Gasteiger partial charge is 0.338 e. The lowest BCUT2D eigenvalue weighted by Crippen LogP contribution is -2.06. The lowest BCUT2D eigenvalue weighted by molar-refractivity contribution is 0.0497. The van der Waals surface area contributed by atoms with Crippen LogP contribution in [0.3, 0.4) is 0 Å². The molecule has 1 heterocycles. The summed E-state index contributed by atoms with van der Waals surface area (Å²) in [5.41, 5.74) is 1.43. The van der Waals surface area contributed by atoms with Crippen LogP contribution in [0, 0.1) is 5.92 Å². The fraction of sp³-hybridized carbons (Fsp3) is 0.621. The van der Waals surface area contributed by atoms with Crippen molar-refractivity contribution in [3.63, 3.8) is 0 Å². The predicted molar refractivity (Wildman–Crippen MR) is 137 cm³/mol. The number of carbonyl (C=O) groups excluding carboxylic acids is 1. The molecule has 5 nitrogen and oxygen atoms in total. The molecule has 1 fully saturated rings. The third-order valence-electron chi connectivity index (χ3n) is 6.74. The molecule has 2 aromatic rings. The fourth-order valence-corrected chi connectivity index (χ4v) is 4.63. The Balaban J connectivity index is 1.31. The highest BCUT2D eigenvalue weighted by molar-refractivity contribution is 5.89. The molecule has 1 saturated carbocycles. The normalized spacial score (nSPS) is 13.8. The number of carbonyl (C=O) groups is 1. The summed E-state index contributed by atoms with van der Waals surface area (Å²) in [4.78, 5) is 21.1. The molecular formula is C29H42N2O3. The number of aromatic nitrogens is 2. The molecule has 0 aliphatic heterocycles. The van der Waals surface area contributed by atoms with Crippen LogP contribution >= 0.6 is 0 Å². The summed E-state index contributed by atoms with van der Waals surface area (Å²) >= 11 is 0. The molecule has 0 amide bonds. The largest absolute Gasteiger partial charge is 0.490 e. The van der Waals surface area contributed by atoms with Crippen molar-refractivity contribution < 1.29 is 14.3 Å². The van der Waals surface area contributed by atoms with Crippen molar-refractivity contribution >= 4 is 5.97 Å². The summed E-state index contributed by atoms with van der Waals surface area (Å²) in [6, 6.07) is 7.29. The van der Waals surface area contributed by atoms with Crippen LogP contribution in [0.25, 0.3) is 11.4 Å². The number of hydrogen-bond acceptors (Lipinski definition) is 5.